The van der Waals surface area contributed by atoms with Crippen LogP contribution in [0.25, 0.3) is 0 Å². The lowest BCUT2D eigenvalue weighted by Gasteiger charge is -2.13. The Labute approximate surface area is 81.5 Å². The molecular weight excluding hydrogens is 196 g/mol. The van der Waals surface area contributed by atoms with Gasteiger partial charge in [-0.3, -0.25) is 9.59 Å². The first-order valence-electron chi connectivity index (χ1n) is 3.83. The summed E-state index contributed by atoms with van der Waals surface area (Å²) in [6.45, 7) is 1.27. The molecule has 0 aliphatic carbocycles. The largest absolute Gasteiger partial charge is 0.371 e. The average Bonchev–Trinajstić information content (AvgIpc) is 2.04. The highest BCUT2D eigenvalue weighted by Crippen LogP contribution is 1.99. The van der Waals surface area contributed by atoms with Crippen LogP contribution >= 0.6 is 11.6 Å². The summed E-state index contributed by atoms with van der Waals surface area (Å²) in [5, 5.41) is 0. The third-order valence-corrected chi connectivity index (χ3v) is 1.67. The van der Waals surface area contributed by atoms with Crippen LogP contribution in [-0.4, -0.2) is 23.8 Å². The summed E-state index contributed by atoms with van der Waals surface area (Å²) in [5.41, 5.74) is 7.37. The first-order valence-corrected chi connectivity index (χ1v) is 4.37. The zero-order chi connectivity index (χ0) is 10.3. The van der Waals surface area contributed by atoms with Gasteiger partial charge < -0.3 is 10.6 Å². The van der Waals surface area contributed by atoms with Gasteiger partial charge in [0.1, 0.15) is 0 Å². The SMILES string of the molecule is CC(=O)ON[C@H](CCl)CCC(N)=O. The maximum absolute atomic E-state index is 10.4. The van der Waals surface area contributed by atoms with Gasteiger partial charge in [-0.05, 0) is 6.42 Å². The van der Waals surface area contributed by atoms with E-state index in [2.05, 4.69) is 10.3 Å². The van der Waals surface area contributed by atoms with Gasteiger partial charge in [-0.1, -0.05) is 0 Å². The Balaban J connectivity index is 3.63. The minimum absolute atomic E-state index is 0.214. The number of alkyl halides is 1. The quantitative estimate of drug-likeness (QED) is 0.473. The predicted octanol–water partition coefficient (Wildman–Crippen LogP) is -0.0730. The summed E-state index contributed by atoms with van der Waals surface area (Å²) in [4.78, 5) is 25.3. The molecule has 0 bridgehead atoms. The number of amides is 1. The van der Waals surface area contributed by atoms with E-state index in [0.29, 0.717) is 6.42 Å². The Morgan fingerprint density at radius 1 is 1.62 bits per heavy atom. The van der Waals surface area contributed by atoms with E-state index in [1.807, 2.05) is 0 Å². The molecule has 0 aliphatic rings. The number of carbonyl (C=O) groups excluding carboxylic acids is 2. The molecule has 76 valence electrons. The van der Waals surface area contributed by atoms with Crippen molar-refractivity contribution in [2.75, 3.05) is 5.88 Å². The Morgan fingerprint density at radius 2 is 2.23 bits per heavy atom. The van der Waals surface area contributed by atoms with Gasteiger partial charge in [-0.2, -0.15) is 0 Å². The molecule has 1 amide bonds. The van der Waals surface area contributed by atoms with Gasteiger partial charge in [0.2, 0.25) is 5.91 Å². The maximum Gasteiger partial charge on any atom is 0.321 e. The van der Waals surface area contributed by atoms with Crippen molar-refractivity contribution in [3.63, 3.8) is 0 Å². The first-order chi connectivity index (χ1) is 6.06. The molecule has 0 aliphatic heterocycles. The van der Waals surface area contributed by atoms with E-state index in [9.17, 15) is 9.59 Å². The number of halogens is 1. The van der Waals surface area contributed by atoms with Crippen molar-refractivity contribution in [1.29, 1.82) is 0 Å². The molecule has 0 unspecified atom stereocenters. The van der Waals surface area contributed by atoms with Gasteiger partial charge in [0, 0.05) is 19.2 Å². The first kappa shape index (κ1) is 12.2. The van der Waals surface area contributed by atoms with Gasteiger partial charge >= 0.3 is 5.97 Å². The van der Waals surface area contributed by atoms with Crippen molar-refractivity contribution in [3.05, 3.63) is 0 Å². The van der Waals surface area contributed by atoms with Crippen molar-refractivity contribution in [2.45, 2.75) is 25.8 Å². The second-order valence-electron chi connectivity index (χ2n) is 2.57. The monoisotopic (exact) mass is 208 g/mol. The van der Waals surface area contributed by atoms with Gasteiger partial charge in [0.15, 0.2) is 0 Å². The van der Waals surface area contributed by atoms with Crippen molar-refractivity contribution in [2.24, 2.45) is 5.73 Å². The fraction of sp³-hybridized carbons (Fsp3) is 0.714. The fourth-order valence-corrected chi connectivity index (χ4v) is 0.868. The molecule has 0 radical (unpaired) electrons. The number of nitrogens with two attached hydrogens (primary N) is 1. The topological polar surface area (TPSA) is 81.4 Å². The molecule has 0 rings (SSSR count). The van der Waals surface area contributed by atoms with Crippen LogP contribution in [0.3, 0.4) is 0 Å². The molecule has 0 fully saturated rings. The normalized spacial score (nSPS) is 12.2. The van der Waals surface area contributed by atoms with E-state index in [-0.39, 0.29) is 18.3 Å². The molecule has 3 N–H and O–H groups in total. The van der Waals surface area contributed by atoms with Crippen molar-refractivity contribution in [3.8, 4) is 0 Å². The van der Waals surface area contributed by atoms with Crippen LogP contribution in [0.1, 0.15) is 19.8 Å². The molecule has 1 atom stereocenters. The van der Waals surface area contributed by atoms with E-state index >= 15 is 0 Å². The van der Waals surface area contributed by atoms with Gasteiger partial charge in [-0.15, -0.1) is 17.1 Å². The molecule has 0 aromatic heterocycles. The summed E-state index contributed by atoms with van der Waals surface area (Å²) < 4.78 is 0. The fourth-order valence-electron chi connectivity index (χ4n) is 0.650. The second kappa shape index (κ2) is 6.68. The minimum atomic E-state index is -0.450. The summed E-state index contributed by atoms with van der Waals surface area (Å²) in [7, 11) is 0. The number of rotatable bonds is 6. The van der Waals surface area contributed by atoms with Crippen LogP contribution in [0.4, 0.5) is 0 Å². The number of primary amides is 1. The smallest absolute Gasteiger partial charge is 0.321 e. The Morgan fingerprint density at radius 3 is 2.62 bits per heavy atom. The van der Waals surface area contributed by atoms with Crippen molar-refractivity contribution < 1.29 is 14.4 Å². The zero-order valence-corrected chi connectivity index (χ0v) is 8.13. The Hall–Kier alpha value is -0.810. The number of hydroxylamine groups is 1. The summed E-state index contributed by atoms with van der Waals surface area (Å²) >= 11 is 5.53. The molecular formula is C7H13ClN2O3. The average molecular weight is 209 g/mol. The number of hydrogen-bond donors (Lipinski definition) is 2. The molecule has 13 heavy (non-hydrogen) atoms. The molecule has 5 nitrogen and oxygen atoms in total. The van der Waals surface area contributed by atoms with Crippen LogP contribution in [0.2, 0.25) is 0 Å². The van der Waals surface area contributed by atoms with E-state index in [1.165, 1.54) is 6.92 Å². The number of nitrogens with one attached hydrogen (secondary N) is 1. The summed E-state index contributed by atoms with van der Waals surface area (Å²) in [6, 6.07) is -0.238. The van der Waals surface area contributed by atoms with Crippen molar-refractivity contribution >= 4 is 23.5 Å². The molecule has 0 saturated carbocycles. The lowest BCUT2D eigenvalue weighted by atomic mass is 10.2. The third kappa shape index (κ3) is 7.55. The highest BCUT2D eigenvalue weighted by Gasteiger charge is 2.09. The standard InChI is InChI=1S/C7H13ClN2O3/c1-5(11)13-10-6(4-8)2-3-7(9)12/h6,10H,2-4H2,1H3,(H2,9,12)/t6-/m0/s1. The summed E-state index contributed by atoms with van der Waals surface area (Å²) in [5.74, 6) is -0.602. The third-order valence-electron chi connectivity index (χ3n) is 1.29. The summed E-state index contributed by atoms with van der Waals surface area (Å²) in [6.07, 6.45) is 0.664. The maximum atomic E-state index is 10.4. The van der Waals surface area contributed by atoms with E-state index < -0.39 is 11.9 Å². The molecule has 6 heteroatoms. The van der Waals surface area contributed by atoms with Crippen LogP contribution < -0.4 is 11.2 Å². The van der Waals surface area contributed by atoms with Gasteiger partial charge in [-0.25, -0.2) is 0 Å². The molecule has 0 aromatic carbocycles. The number of carbonyl (C=O) groups is 2. The van der Waals surface area contributed by atoms with E-state index in [0.717, 1.165) is 0 Å². The van der Waals surface area contributed by atoms with Gasteiger partial charge in [0.05, 0.1) is 6.04 Å². The van der Waals surface area contributed by atoms with Crippen LogP contribution in [-0.2, 0) is 14.4 Å². The Kier molecular flexibility index (Phi) is 6.26. The highest BCUT2D eigenvalue weighted by molar-refractivity contribution is 6.18. The molecule has 0 spiro atoms. The lowest BCUT2D eigenvalue weighted by Crippen LogP contribution is -2.33. The lowest BCUT2D eigenvalue weighted by molar-refractivity contribution is -0.149. The van der Waals surface area contributed by atoms with Crippen LogP contribution in [0, 0.1) is 0 Å². The number of hydrogen-bond acceptors (Lipinski definition) is 4. The van der Waals surface area contributed by atoms with Crippen LogP contribution in [0.15, 0.2) is 0 Å². The van der Waals surface area contributed by atoms with Crippen molar-refractivity contribution in [1.82, 2.24) is 5.48 Å². The molecule has 0 aromatic rings. The van der Waals surface area contributed by atoms with E-state index in [1.54, 1.807) is 0 Å². The Bertz CT molecular complexity index is 169. The molecule has 0 saturated heterocycles. The second-order valence-corrected chi connectivity index (χ2v) is 2.88. The van der Waals surface area contributed by atoms with Crippen LogP contribution in [0.5, 0.6) is 0 Å². The van der Waals surface area contributed by atoms with E-state index in [4.69, 9.17) is 17.3 Å². The predicted molar refractivity (Wildman–Crippen MR) is 47.8 cm³/mol. The zero-order valence-electron chi connectivity index (χ0n) is 7.38. The highest BCUT2D eigenvalue weighted by atomic mass is 35.5. The van der Waals surface area contributed by atoms with Gasteiger partial charge in [0.25, 0.3) is 0 Å². The minimum Gasteiger partial charge on any atom is -0.371 e. The molecule has 0 heterocycles.